The van der Waals surface area contributed by atoms with Crippen molar-refractivity contribution in [3.63, 3.8) is 0 Å². The van der Waals surface area contributed by atoms with Crippen LogP contribution in [-0.4, -0.2) is 40.4 Å². The van der Waals surface area contributed by atoms with E-state index in [9.17, 15) is 0 Å². The maximum Gasteiger partial charge on any atom is 0.210 e. The Morgan fingerprint density at radius 3 is 2.55 bits per heavy atom. The van der Waals surface area contributed by atoms with Crippen LogP contribution in [0.4, 0.5) is 5.69 Å². The van der Waals surface area contributed by atoms with Gasteiger partial charge in [-0.3, -0.25) is 10.4 Å². The Labute approximate surface area is 119 Å². The Kier molecular flexibility index (Phi) is 7.23. The lowest BCUT2D eigenvalue weighted by atomic mass is 10.3. The average Bonchev–Trinajstić information content (AvgIpc) is 2.50. The van der Waals surface area contributed by atoms with Gasteiger partial charge in [0.2, 0.25) is 5.96 Å². The van der Waals surface area contributed by atoms with E-state index in [0.717, 1.165) is 12.1 Å². The number of hydrazine groups is 1. The number of hydrogen-bond donors (Lipinski definition) is 3. The van der Waals surface area contributed by atoms with Crippen molar-refractivity contribution in [2.24, 2.45) is 10.8 Å². The molecule has 4 N–H and O–H groups in total. The Bertz CT molecular complexity index is 438. The number of aliphatic imine (C=N–C) groups is 1. The number of rotatable bonds is 7. The number of ether oxygens (including phenoxy) is 3. The van der Waals surface area contributed by atoms with Crippen molar-refractivity contribution in [3.05, 3.63) is 18.2 Å². The first-order chi connectivity index (χ1) is 9.74. The van der Waals surface area contributed by atoms with Gasteiger partial charge in [-0.15, -0.1) is 0 Å². The summed E-state index contributed by atoms with van der Waals surface area (Å²) in [5.74, 6) is 7.21. The number of benzene rings is 1. The van der Waals surface area contributed by atoms with Gasteiger partial charge in [0.15, 0.2) is 11.5 Å². The second-order valence-corrected chi connectivity index (χ2v) is 3.92. The monoisotopic (exact) mass is 282 g/mol. The number of nitrogens with two attached hydrogens (primary N) is 1. The fraction of sp³-hybridized carbons (Fsp3) is 0.462. The minimum atomic E-state index is 0.480. The van der Waals surface area contributed by atoms with Crippen molar-refractivity contribution in [1.29, 1.82) is 0 Å². The normalized spacial score (nSPS) is 11.1. The van der Waals surface area contributed by atoms with Gasteiger partial charge < -0.3 is 19.5 Å². The van der Waals surface area contributed by atoms with E-state index in [1.807, 2.05) is 6.07 Å². The molecule has 1 aromatic carbocycles. The molecule has 1 aromatic rings. The van der Waals surface area contributed by atoms with Gasteiger partial charge in [0, 0.05) is 32.0 Å². The zero-order chi connectivity index (χ0) is 14.8. The fourth-order valence-electron chi connectivity index (χ4n) is 1.57. The minimum Gasteiger partial charge on any atom is -0.493 e. The van der Waals surface area contributed by atoms with Gasteiger partial charge in [-0.2, -0.15) is 0 Å². The highest BCUT2D eigenvalue weighted by atomic mass is 16.5. The summed E-state index contributed by atoms with van der Waals surface area (Å²) in [6.45, 7) is 1.28. The van der Waals surface area contributed by atoms with Crippen molar-refractivity contribution < 1.29 is 14.2 Å². The Balaban J connectivity index is 2.69. The third-order valence-electron chi connectivity index (χ3n) is 2.56. The van der Waals surface area contributed by atoms with Crippen molar-refractivity contribution in [2.75, 3.05) is 39.8 Å². The van der Waals surface area contributed by atoms with Crippen LogP contribution in [0.15, 0.2) is 23.2 Å². The molecule has 0 amide bonds. The molecule has 0 bridgehead atoms. The first-order valence-corrected chi connectivity index (χ1v) is 6.24. The predicted molar refractivity (Wildman–Crippen MR) is 79.3 cm³/mol. The first kappa shape index (κ1) is 16.1. The molecule has 0 spiro atoms. The van der Waals surface area contributed by atoms with Crippen molar-refractivity contribution in [2.45, 2.75) is 6.42 Å². The topological polar surface area (TPSA) is 90.1 Å². The van der Waals surface area contributed by atoms with Crippen LogP contribution in [0.3, 0.4) is 0 Å². The average molecular weight is 282 g/mol. The summed E-state index contributed by atoms with van der Waals surface area (Å²) >= 11 is 0. The molecule has 7 nitrogen and oxygen atoms in total. The van der Waals surface area contributed by atoms with E-state index in [2.05, 4.69) is 15.7 Å². The summed E-state index contributed by atoms with van der Waals surface area (Å²) in [5.41, 5.74) is 3.32. The third-order valence-corrected chi connectivity index (χ3v) is 2.56. The van der Waals surface area contributed by atoms with Crippen LogP contribution in [0.2, 0.25) is 0 Å². The van der Waals surface area contributed by atoms with E-state index in [1.54, 1.807) is 33.5 Å². The molecule has 0 heterocycles. The van der Waals surface area contributed by atoms with Gasteiger partial charge in [-0.1, -0.05) is 0 Å². The molecular formula is C13H22N4O3. The predicted octanol–water partition coefficient (Wildman–Crippen LogP) is 0.972. The van der Waals surface area contributed by atoms with Crippen molar-refractivity contribution in [3.8, 4) is 11.5 Å². The van der Waals surface area contributed by atoms with Crippen LogP contribution in [-0.2, 0) is 4.74 Å². The Morgan fingerprint density at radius 2 is 1.95 bits per heavy atom. The minimum absolute atomic E-state index is 0.480. The van der Waals surface area contributed by atoms with Crippen molar-refractivity contribution >= 4 is 11.6 Å². The standard InChI is InChI=1S/C13H22N4O3/c1-18-8-4-7-15-13(17-14)16-10-5-6-11(19-2)12(9-10)20-3/h5-6,9H,4,7-8,14H2,1-3H3,(H2,15,16,17). The molecule has 0 saturated carbocycles. The molecule has 0 aliphatic rings. The second kappa shape index (κ2) is 9.00. The van der Waals surface area contributed by atoms with Crippen LogP contribution < -0.4 is 26.1 Å². The SMILES string of the molecule is COCCCN=C(NN)Nc1ccc(OC)c(OC)c1. The molecule has 0 unspecified atom stereocenters. The van der Waals surface area contributed by atoms with E-state index in [-0.39, 0.29) is 0 Å². The number of anilines is 1. The highest BCUT2D eigenvalue weighted by molar-refractivity contribution is 5.93. The lowest BCUT2D eigenvalue weighted by Gasteiger charge is -2.12. The van der Waals surface area contributed by atoms with Gasteiger partial charge >= 0.3 is 0 Å². The van der Waals surface area contributed by atoms with E-state index >= 15 is 0 Å². The van der Waals surface area contributed by atoms with E-state index in [0.29, 0.717) is 30.6 Å². The molecule has 112 valence electrons. The van der Waals surface area contributed by atoms with E-state index in [1.165, 1.54) is 0 Å². The summed E-state index contributed by atoms with van der Waals surface area (Å²) < 4.78 is 15.4. The first-order valence-electron chi connectivity index (χ1n) is 6.24. The molecule has 0 fully saturated rings. The van der Waals surface area contributed by atoms with Crippen LogP contribution in [0.1, 0.15) is 6.42 Å². The molecule has 1 rings (SSSR count). The van der Waals surface area contributed by atoms with Crippen LogP contribution in [0.25, 0.3) is 0 Å². The van der Waals surface area contributed by atoms with Gasteiger partial charge in [0.05, 0.1) is 14.2 Å². The maximum absolute atomic E-state index is 5.43. The highest BCUT2D eigenvalue weighted by Crippen LogP contribution is 2.29. The molecule has 0 radical (unpaired) electrons. The summed E-state index contributed by atoms with van der Waals surface area (Å²) in [4.78, 5) is 4.29. The second-order valence-electron chi connectivity index (χ2n) is 3.92. The fourth-order valence-corrected chi connectivity index (χ4v) is 1.57. The van der Waals surface area contributed by atoms with Gasteiger partial charge in [0.25, 0.3) is 0 Å². The zero-order valence-electron chi connectivity index (χ0n) is 12.1. The summed E-state index contributed by atoms with van der Waals surface area (Å²) in [5, 5.41) is 3.07. The zero-order valence-corrected chi connectivity index (χ0v) is 12.1. The number of guanidine groups is 1. The summed E-state index contributed by atoms with van der Waals surface area (Å²) in [6.07, 6.45) is 0.829. The van der Waals surface area contributed by atoms with Gasteiger partial charge in [0.1, 0.15) is 0 Å². The van der Waals surface area contributed by atoms with Gasteiger partial charge in [-0.05, 0) is 18.6 Å². The third kappa shape index (κ3) is 4.94. The van der Waals surface area contributed by atoms with Crippen LogP contribution >= 0.6 is 0 Å². The Morgan fingerprint density at radius 1 is 1.20 bits per heavy atom. The molecule has 20 heavy (non-hydrogen) atoms. The Hall–Kier alpha value is -1.99. The lowest BCUT2D eigenvalue weighted by molar-refractivity contribution is 0.197. The molecule has 7 heteroatoms. The van der Waals surface area contributed by atoms with Crippen molar-refractivity contribution in [1.82, 2.24) is 5.43 Å². The van der Waals surface area contributed by atoms with Crippen LogP contribution in [0.5, 0.6) is 11.5 Å². The number of nitrogens with one attached hydrogen (secondary N) is 2. The molecule has 0 aromatic heterocycles. The highest BCUT2D eigenvalue weighted by Gasteiger charge is 2.05. The quantitative estimate of drug-likeness (QED) is 0.227. The summed E-state index contributed by atoms with van der Waals surface area (Å²) in [6, 6.07) is 5.46. The number of hydrogen-bond acceptors (Lipinski definition) is 5. The largest absolute Gasteiger partial charge is 0.493 e. The molecule has 0 aliphatic heterocycles. The lowest BCUT2D eigenvalue weighted by Crippen LogP contribution is -2.36. The number of nitrogens with zero attached hydrogens (tertiary/aromatic N) is 1. The summed E-state index contributed by atoms with van der Waals surface area (Å²) in [7, 11) is 4.84. The molecular weight excluding hydrogens is 260 g/mol. The smallest absolute Gasteiger partial charge is 0.210 e. The molecule has 0 aliphatic carbocycles. The van der Waals surface area contributed by atoms with E-state index < -0.39 is 0 Å². The molecule has 0 saturated heterocycles. The maximum atomic E-state index is 5.43. The van der Waals surface area contributed by atoms with Crippen LogP contribution in [0, 0.1) is 0 Å². The van der Waals surface area contributed by atoms with Gasteiger partial charge in [-0.25, -0.2) is 5.84 Å². The van der Waals surface area contributed by atoms with E-state index in [4.69, 9.17) is 20.1 Å². The number of methoxy groups -OCH3 is 3. The molecule has 0 atom stereocenters.